The molecule has 1 rings (SSSR count). The lowest BCUT2D eigenvalue weighted by Crippen LogP contribution is -2.21. The summed E-state index contributed by atoms with van der Waals surface area (Å²) in [5.74, 6) is 0. The summed E-state index contributed by atoms with van der Waals surface area (Å²) in [6.45, 7) is 3.00. The number of hydrogen-bond donors (Lipinski definition) is 0. The van der Waals surface area contributed by atoms with E-state index in [9.17, 15) is 0 Å². The summed E-state index contributed by atoms with van der Waals surface area (Å²) in [6, 6.07) is 8.42. The molecule has 0 amide bonds. The highest BCUT2D eigenvalue weighted by molar-refractivity contribution is 8.45. The predicted molar refractivity (Wildman–Crippen MR) is 84.5 cm³/mol. The monoisotopic (exact) mass is 301 g/mol. The van der Waals surface area contributed by atoms with Gasteiger partial charge < -0.3 is 17.1 Å². The number of rotatable bonds is 7. The standard InChI is InChI=1S/C13H20NOPS2/c1-4-7-11-8-5-6-9-12(11)13(10-14(2)3)15-16(17)18/h5-6,8-9,13H,4,7,10H2,1-3H3. The van der Waals surface area contributed by atoms with Crippen molar-refractivity contribution in [2.45, 2.75) is 25.9 Å². The molecule has 5 heteroatoms. The number of likely N-dealkylation sites (N-methyl/N-ethyl adjacent to an activating group) is 1. The molecule has 0 aromatic heterocycles. The SMILES string of the molecule is CCCc1ccccc1C(CN(C)C)O[P+](=S)[S-]. The summed E-state index contributed by atoms with van der Waals surface area (Å²) < 4.78 is 5.79. The van der Waals surface area contributed by atoms with E-state index >= 15 is 0 Å². The summed E-state index contributed by atoms with van der Waals surface area (Å²) in [4.78, 5) is 2.11. The smallest absolute Gasteiger partial charge is 0.202 e. The van der Waals surface area contributed by atoms with Gasteiger partial charge in [0.05, 0.1) is 0 Å². The van der Waals surface area contributed by atoms with Crippen LogP contribution in [0.4, 0.5) is 0 Å². The van der Waals surface area contributed by atoms with E-state index in [1.807, 2.05) is 14.1 Å². The molecular weight excluding hydrogens is 281 g/mol. The van der Waals surface area contributed by atoms with Gasteiger partial charge in [-0.15, -0.1) is 0 Å². The normalized spacial score (nSPS) is 13.7. The third kappa shape index (κ3) is 5.33. The molecule has 0 aliphatic carbocycles. The lowest BCUT2D eigenvalue weighted by Gasteiger charge is -2.20. The lowest BCUT2D eigenvalue weighted by atomic mass is 9.99. The Kier molecular flexibility index (Phi) is 7.35. The zero-order valence-corrected chi connectivity index (χ0v) is 13.7. The van der Waals surface area contributed by atoms with Crippen LogP contribution in [0.5, 0.6) is 0 Å². The number of aryl methyl sites for hydroxylation is 1. The van der Waals surface area contributed by atoms with Gasteiger partial charge in [-0.05, 0) is 31.6 Å². The van der Waals surface area contributed by atoms with Crippen LogP contribution in [0.3, 0.4) is 0 Å². The molecule has 2 atom stereocenters. The summed E-state index contributed by atoms with van der Waals surface area (Å²) >= 11 is 10.1. The molecule has 0 fully saturated rings. The Balaban J connectivity index is 2.99. The van der Waals surface area contributed by atoms with Gasteiger partial charge in [0, 0.05) is 6.54 Å². The maximum atomic E-state index is 5.79. The summed E-state index contributed by atoms with van der Waals surface area (Å²) in [5.41, 5.74) is 2.57. The molecule has 0 N–H and O–H groups in total. The van der Waals surface area contributed by atoms with Gasteiger partial charge in [-0.25, -0.2) is 0 Å². The molecule has 0 aliphatic rings. The van der Waals surface area contributed by atoms with Gasteiger partial charge >= 0.3 is 0 Å². The third-order valence-electron chi connectivity index (χ3n) is 2.67. The highest BCUT2D eigenvalue weighted by Gasteiger charge is 2.20. The molecule has 2 unspecified atom stereocenters. The van der Waals surface area contributed by atoms with Crippen molar-refractivity contribution in [1.29, 1.82) is 0 Å². The first-order valence-corrected chi connectivity index (χ1v) is 9.37. The van der Waals surface area contributed by atoms with Crippen LogP contribution < -0.4 is 0 Å². The minimum absolute atomic E-state index is 0.0103. The predicted octanol–water partition coefficient (Wildman–Crippen LogP) is 3.58. The van der Waals surface area contributed by atoms with E-state index in [1.165, 1.54) is 11.1 Å². The minimum atomic E-state index is -1.18. The van der Waals surface area contributed by atoms with Crippen molar-refractivity contribution >= 4 is 30.2 Å². The van der Waals surface area contributed by atoms with E-state index in [0.717, 1.165) is 19.4 Å². The first-order chi connectivity index (χ1) is 8.54. The van der Waals surface area contributed by atoms with E-state index in [-0.39, 0.29) is 6.10 Å². The second-order valence-corrected chi connectivity index (χ2v) is 7.87. The Hall–Kier alpha value is 0.01000. The summed E-state index contributed by atoms with van der Waals surface area (Å²) in [6.07, 6.45) is 1.01. The number of hydrogen-bond acceptors (Lipinski definition) is 4. The molecule has 0 spiro atoms. The molecule has 0 radical (unpaired) electrons. The molecule has 0 saturated carbocycles. The third-order valence-corrected chi connectivity index (χ3v) is 3.61. The van der Waals surface area contributed by atoms with Crippen molar-refractivity contribution in [1.82, 2.24) is 4.90 Å². The number of nitrogens with zero attached hydrogens (tertiary/aromatic N) is 1. The number of benzene rings is 1. The van der Waals surface area contributed by atoms with Gasteiger partial charge in [-0.3, -0.25) is 0 Å². The molecule has 0 bridgehead atoms. The van der Waals surface area contributed by atoms with Crippen LogP contribution in [0, 0.1) is 0 Å². The van der Waals surface area contributed by atoms with Crippen LogP contribution in [0.25, 0.3) is 0 Å². The van der Waals surface area contributed by atoms with Crippen LogP contribution in [0.1, 0.15) is 30.6 Å². The van der Waals surface area contributed by atoms with Gasteiger partial charge in [0.2, 0.25) is 6.13 Å². The van der Waals surface area contributed by atoms with E-state index in [1.54, 1.807) is 0 Å². The maximum Gasteiger partial charge on any atom is 0.202 e. The minimum Gasteiger partial charge on any atom is -0.441 e. The van der Waals surface area contributed by atoms with E-state index in [0.29, 0.717) is 0 Å². The average Bonchev–Trinajstić information content (AvgIpc) is 2.28. The van der Waals surface area contributed by atoms with E-state index in [2.05, 4.69) is 36.1 Å². The Morgan fingerprint density at radius 3 is 2.61 bits per heavy atom. The van der Waals surface area contributed by atoms with Crippen LogP contribution in [0.15, 0.2) is 24.3 Å². The van der Waals surface area contributed by atoms with Crippen LogP contribution >= 0.6 is 6.13 Å². The Labute approximate surface area is 121 Å². The fourth-order valence-corrected chi connectivity index (χ4v) is 2.98. The van der Waals surface area contributed by atoms with Crippen LogP contribution in [-0.4, -0.2) is 25.5 Å². The first-order valence-electron chi connectivity index (χ1n) is 6.08. The van der Waals surface area contributed by atoms with Crippen LogP contribution in [0.2, 0.25) is 0 Å². The highest BCUT2D eigenvalue weighted by atomic mass is 32.9. The molecular formula is C13H20NOPS2. The second-order valence-electron chi connectivity index (χ2n) is 4.53. The van der Waals surface area contributed by atoms with Gasteiger partial charge in [0.1, 0.15) is 6.10 Å². The van der Waals surface area contributed by atoms with Gasteiger partial charge in [0.15, 0.2) is 11.8 Å². The van der Waals surface area contributed by atoms with Crippen LogP contribution in [-0.2, 0) is 35.0 Å². The largest absolute Gasteiger partial charge is 0.441 e. The highest BCUT2D eigenvalue weighted by Crippen LogP contribution is 2.32. The van der Waals surface area contributed by atoms with Crippen molar-refractivity contribution in [2.24, 2.45) is 0 Å². The summed E-state index contributed by atoms with van der Waals surface area (Å²) in [7, 11) is 4.07. The van der Waals surface area contributed by atoms with Crippen molar-refractivity contribution in [3.63, 3.8) is 0 Å². The molecule has 0 heterocycles. The Morgan fingerprint density at radius 2 is 2.06 bits per heavy atom. The Morgan fingerprint density at radius 1 is 1.39 bits per heavy atom. The molecule has 0 aliphatic heterocycles. The molecule has 1 aromatic carbocycles. The zero-order chi connectivity index (χ0) is 13.5. The lowest BCUT2D eigenvalue weighted by molar-refractivity contribution is 0.187. The molecule has 18 heavy (non-hydrogen) atoms. The Bertz CT molecular complexity index is 398. The van der Waals surface area contributed by atoms with Gasteiger partial charge in [0.25, 0.3) is 0 Å². The van der Waals surface area contributed by atoms with Gasteiger partial charge in [-0.2, -0.15) is 4.52 Å². The second kappa shape index (κ2) is 8.23. The zero-order valence-electron chi connectivity index (χ0n) is 11.1. The average molecular weight is 301 g/mol. The molecule has 2 nitrogen and oxygen atoms in total. The maximum absolute atomic E-state index is 5.79. The molecule has 1 aromatic rings. The molecule has 0 saturated heterocycles. The van der Waals surface area contributed by atoms with Gasteiger partial charge in [-0.1, -0.05) is 37.6 Å². The van der Waals surface area contributed by atoms with E-state index in [4.69, 9.17) is 28.6 Å². The van der Waals surface area contributed by atoms with E-state index < -0.39 is 6.13 Å². The molecule has 100 valence electrons. The summed E-state index contributed by atoms with van der Waals surface area (Å²) in [5, 5.41) is 0. The van der Waals surface area contributed by atoms with Crippen molar-refractivity contribution in [2.75, 3.05) is 20.6 Å². The van der Waals surface area contributed by atoms with Crippen molar-refractivity contribution in [3.05, 3.63) is 35.4 Å². The van der Waals surface area contributed by atoms with Crippen molar-refractivity contribution < 1.29 is 4.52 Å². The topological polar surface area (TPSA) is 12.5 Å². The fourth-order valence-electron chi connectivity index (χ4n) is 1.97. The first kappa shape index (κ1) is 16.1. The quantitative estimate of drug-likeness (QED) is 0.563. The fraction of sp³-hybridized carbons (Fsp3) is 0.538. The van der Waals surface area contributed by atoms with Crippen molar-refractivity contribution in [3.8, 4) is 0 Å².